The highest BCUT2D eigenvalue weighted by molar-refractivity contribution is 5.29. The summed E-state index contributed by atoms with van der Waals surface area (Å²) in [4.78, 5) is 0. The minimum atomic E-state index is -0.0463. The van der Waals surface area contributed by atoms with Gasteiger partial charge in [-0.3, -0.25) is 4.68 Å². The van der Waals surface area contributed by atoms with Gasteiger partial charge in [0.25, 0.3) is 0 Å². The number of aryl methyl sites for hydroxylation is 1. The van der Waals surface area contributed by atoms with Crippen LogP contribution in [-0.4, -0.2) is 14.9 Å². The molecule has 0 fully saturated rings. The van der Waals surface area contributed by atoms with Crippen LogP contribution in [0.2, 0.25) is 0 Å². The van der Waals surface area contributed by atoms with E-state index in [2.05, 4.69) is 5.10 Å². The van der Waals surface area contributed by atoms with Crippen LogP contribution in [0.5, 0.6) is 5.75 Å². The summed E-state index contributed by atoms with van der Waals surface area (Å²) in [7, 11) is 1.83. The standard InChI is InChI=1S/C8H14N2O/c1-8(2,3)7-6(11)5-9-10(7)4/h5,11H,1-4H3. The Morgan fingerprint density at radius 2 is 2.00 bits per heavy atom. The maximum absolute atomic E-state index is 9.38. The number of aromatic nitrogens is 2. The SMILES string of the molecule is Cn1ncc(O)c1C(C)(C)C. The average Bonchev–Trinajstić information content (AvgIpc) is 2.08. The third-order valence-corrected chi connectivity index (χ3v) is 1.63. The second-order valence-corrected chi connectivity index (χ2v) is 3.75. The molecule has 3 nitrogen and oxygen atoms in total. The Kier molecular flexibility index (Phi) is 1.66. The summed E-state index contributed by atoms with van der Waals surface area (Å²) >= 11 is 0. The molecular weight excluding hydrogens is 140 g/mol. The fourth-order valence-electron chi connectivity index (χ4n) is 1.30. The predicted molar refractivity (Wildman–Crippen MR) is 43.6 cm³/mol. The predicted octanol–water partition coefficient (Wildman–Crippen LogP) is 1.42. The second-order valence-electron chi connectivity index (χ2n) is 3.75. The first-order valence-corrected chi connectivity index (χ1v) is 3.64. The van der Waals surface area contributed by atoms with Gasteiger partial charge in [0.15, 0.2) is 5.75 Å². The van der Waals surface area contributed by atoms with Gasteiger partial charge >= 0.3 is 0 Å². The van der Waals surface area contributed by atoms with Gasteiger partial charge in [0.1, 0.15) is 0 Å². The molecule has 1 heterocycles. The van der Waals surface area contributed by atoms with Crippen molar-refractivity contribution >= 4 is 0 Å². The molecule has 0 atom stereocenters. The number of nitrogens with zero attached hydrogens (tertiary/aromatic N) is 2. The molecule has 3 heteroatoms. The van der Waals surface area contributed by atoms with E-state index in [1.165, 1.54) is 6.20 Å². The quantitative estimate of drug-likeness (QED) is 0.613. The molecule has 0 unspecified atom stereocenters. The molecule has 62 valence electrons. The summed E-state index contributed by atoms with van der Waals surface area (Å²) in [6.07, 6.45) is 1.47. The molecule has 1 rings (SSSR count). The zero-order valence-electron chi connectivity index (χ0n) is 7.42. The zero-order valence-corrected chi connectivity index (χ0v) is 7.42. The summed E-state index contributed by atoms with van der Waals surface area (Å²) < 4.78 is 1.70. The van der Waals surface area contributed by atoms with Crippen molar-refractivity contribution in [1.29, 1.82) is 0 Å². The first kappa shape index (κ1) is 8.11. The van der Waals surface area contributed by atoms with Gasteiger partial charge in [-0.25, -0.2) is 0 Å². The molecule has 0 amide bonds. The Labute approximate surface area is 66.7 Å². The molecule has 1 aromatic rings. The molecule has 1 aromatic heterocycles. The highest BCUT2D eigenvalue weighted by atomic mass is 16.3. The summed E-state index contributed by atoms with van der Waals surface area (Å²) in [5, 5.41) is 13.3. The molecule has 0 aliphatic heterocycles. The van der Waals surface area contributed by atoms with Gasteiger partial charge in [0.2, 0.25) is 0 Å². The van der Waals surface area contributed by atoms with Gasteiger partial charge in [0.05, 0.1) is 11.9 Å². The Hall–Kier alpha value is -0.990. The molecular formula is C8H14N2O. The van der Waals surface area contributed by atoms with Crippen LogP contribution in [0.25, 0.3) is 0 Å². The van der Waals surface area contributed by atoms with Crippen molar-refractivity contribution in [2.75, 3.05) is 0 Å². The molecule has 0 aromatic carbocycles. The van der Waals surface area contributed by atoms with Gasteiger partial charge in [-0.15, -0.1) is 0 Å². The number of aromatic hydroxyl groups is 1. The lowest BCUT2D eigenvalue weighted by molar-refractivity contribution is 0.434. The van der Waals surface area contributed by atoms with E-state index in [-0.39, 0.29) is 11.2 Å². The summed E-state index contributed by atoms with van der Waals surface area (Å²) in [6.45, 7) is 6.14. The Bertz CT molecular complexity index is 238. The van der Waals surface area contributed by atoms with Gasteiger partial charge < -0.3 is 5.11 Å². The van der Waals surface area contributed by atoms with Crippen molar-refractivity contribution in [2.24, 2.45) is 7.05 Å². The van der Waals surface area contributed by atoms with E-state index in [4.69, 9.17) is 0 Å². The van der Waals surface area contributed by atoms with Crippen LogP contribution in [0, 0.1) is 0 Å². The van der Waals surface area contributed by atoms with Gasteiger partial charge in [-0.05, 0) is 0 Å². The first-order chi connectivity index (χ1) is 4.93. The second kappa shape index (κ2) is 2.26. The Morgan fingerprint density at radius 3 is 2.18 bits per heavy atom. The van der Waals surface area contributed by atoms with Crippen molar-refractivity contribution in [3.8, 4) is 5.75 Å². The molecule has 0 aliphatic carbocycles. The fourth-order valence-corrected chi connectivity index (χ4v) is 1.30. The lowest BCUT2D eigenvalue weighted by Crippen LogP contribution is -2.16. The Balaban J connectivity index is 3.21. The number of rotatable bonds is 0. The average molecular weight is 154 g/mol. The van der Waals surface area contributed by atoms with Crippen molar-refractivity contribution in [1.82, 2.24) is 9.78 Å². The third kappa shape index (κ3) is 1.37. The van der Waals surface area contributed by atoms with Crippen molar-refractivity contribution in [2.45, 2.75) is 26.2 Å². The fraction of sp³-hybridized carbons (Fsp3) is 0.625. The maximum atomic E-state index is 9.38. The van der Waals surface area contributed by atoms with Crippen molar-refractivity contribution < 1.29 is 5.11 Å². The minimum absolute atomic E-state index is 0.0463. The molecule has 1 N–H and O–H groups in total. The summed E-state index contributed by atoms with van der Waals surface area (Å²) in [5.41, 5.74) is 0.826. The zero-order chi connectivity index (χ0) is 8.65. The van der Waals surface area contributed by atoms with Crippen LogP contribution in [0.1, 0.15) is 26.5 Å². The minimum Gasteiger partial charge on any atom is -0.504 e. The van der Waals surface area contributed by atoms with Crippen molar-refractivity contribution in [3.63, 3.8) is 0 Å². The van der Waals surface area contributed by atoms with Crippen LogP contribution in [0.3, 0.4) is 0 Å². The highest BCUT2D eigenvalue weighted by Crippen LogP contribution is 2.28. The van der Waals surface area contributed by atoms with Gasteiger partial charge in [-0.2, -0.15) is 5.10 Å². The smallest absolute Gasteiger partial charge is 0.157 e. The monoisotopic (exact) mass is 154 g/mol. The van der Waals surface area contributed by atoms with E-state index in [9.17, 15) is 5.11 Å². The van der Waals surface area contributed by atoms with E-state index in [0.717, 1.165) is 5.69 Å². The van der Waals surface area contributed by atoms with Crippen LogP contribution >= 0.6 is 0 Å². The lowest BCUT2D eigenvalue weighted by atomic mass is 9.92. The first-order valence-electron chi connectivity index (χ1n) is 3.64. The molecule has 0 saturated carbocycles. The summed E-state index contributed by atoms with van der Waals surface area (Å²) in [5.74, 6) is 0.278. The molecule has 0 bridgehead atoms. The largest absolute Gasteiger partial charge is 0.504 e. The van der Waals surface area contributed by atoms with E-state index in [1.54, 1.807) is 4.68 Å². The normalized spacial score (nSPS) is 12.0. The van der Waals surface area contributed by atoms with Crippen LogP contribution in [0.15, 0.2) is 6.20 Å². The molecule has 11 heavy (non-hydrogen) atoms. The van der Waals surface area contributed by atoms with E-state index >= 15 is 0 Å². The number of hydrogen-bond donors (Lipinski definition) is 1. The summed E-state index contributed by atoms with van der Waals surface area (Å²) in [6, 6.07) is 0. The lowest BCUT2D eigenvalue weighted by Gasteiger charge is -2.18. The molecule has 0 saturated heterocycles. The molecule has 0 radical (unpaired) electrons. The maximum Gasteiger partial charge on any atom is 0.157 e. The topological polar surface area (TPSA) is 38.0 Å². The van der Waals surface area contributed by atoms with Crippen molar-refractivity contribution in [3.05, 3.63) is 11.9 Å². The highest BCUT2D eigenvalue weighted by Gasteiger charge is 2.21. The van der Waals surface area contributed by atoms with Gasteiger partial charge in [0, 0.05) is 12.5 Å². The van der Waals surface area contributed by atoms with E-state index < -0.39 is 0 Å². The van der Waals surface area contributed by atoms with Crippen LogP contribution in [-0.2, 0) is 12.5 Å². The molecule has 0 spiro atoms. The van der Waals surface area contributed by atoms with Crippen LogP contribution in [0.4, 0.5) is 0 Å². The third-order valence-electron chi connectivity index (χ3n) is 1.63. The number of hydrogen-bond acceptors (Lipinski definition) is 2. The Morgan fingerprint density at radius 1 is 1.45 bits per heavy atom. The molecule has 0 aliphatic rings. The van der Waals surface area contributed by atoms with Gasteiger partial charge in [-0.1, -0.05) is 20.8 Å². The van der Waals surface area contributed by atoms with E-state index in [1.807, 2.05) is 27.8 Å². The van der Waals surface area contributed by atoms with E-state index in [0.29, 0.717) is 0 Å². The van der Waals surface area contributed by atoms with Crippen LogP contribution < -0.4 is 0 Å².